The first kappa shape index (κ1) is 21.0. The first-order valence-electron chi connectivity index (χ1n) is 9.45. The number of hydrogen-bond donors (Lipinski definition) is 1. The number of thioether (sulfide) groups is 1. The van der Waals surface area contributed by atoms with Gasteiger partial charge in [-0.25, -0.2) is 0 Å². The van der Waals surface area contributed by atoms with Gasteiger partial charge < -0.3 is 19.4 Å². The molecule has 0 saturated heterocycles. The summed E-state index contributed by atoms with van der Waals surface area (Å²) in [5.41, 5.74) is 0.964. The third-order valence-electron chi connectivity index (χ3n) is 4.68. The molecule has 1 aliphatic heterocycles. The predicted molar refractivity (Wildman–Crippen MR) is 114 cm³/mol. The van der Waals surface area contributed by atoms with Crippen LogP contribution in [-0.2, 0) is 11.8 Å². The van der Waals surface area contributed by atoms with Gasteiger partial charge in [0.15, 0.2) is 16.7 Å². The monoisotopic (exact) mass is 415 g/mol. The molecule has 1 N–H and O–H groups in total. The number of anilines is 1. The standard InChI is InChI=1S/C21H25N3O4S/c1-5-9-28-15-8-7-13(11-16(15)27-4)14-12-17(25)22-19-18(14)20(26)23-21(24(19)3)29-10-6-2/h6-8,11,14H,2,5,9-10,12H2,1,3-4H3,(H,22,25). The number of aromatic nitrogens is 2. The molecule has 1 amide bonds. The van der Waals surface area contributed by atoms with E-state index in [9.17, 15) is 9.59 Å². The van der Waals surface area contributed by atoms with Crippen molar-refractivity contribution in [2.24, 2.45) is 7.05 Å². The van der Waals surface area contributed by atoms with Crippen molar-refractivity contribution in [2.75, 3.05) is 24.8 Å². The Labute approximate surface area is 174 Å². The molecule has 7 nitrogen and oxygen atoms in total. The Morgan fingerprint density at radius 3 is 2.86 bits per heavy atom. The van der Waals surface area contributed by atoms with Gasteiger partial charge in [-0.05, 0) is 24.1 Å². The van der Waals surface area contributed by atoms with Crippen molar-refractivity contribution in [1.29, 1.82) is 0 Å². The molecule has 2 heterocycles. The Morgan fingerprint density at radius 1 is 1.38 bits per heavy atom. The van der Waals surface area contributed by atoms with Gasteiger partial charge in [-0.1, -0.05) is 30.8 Å². The molecule has 1 atom stereocenters. The van der Waals surface area contributed by atoms with Crippen LogP contribution < -0.4 is 20.3 Å². The molecule has 0 bridgehead atoms. The Kier molecular flexibility index (Phi) is 6.64. The SMILES string of the molecule is C=CCSc1nc(=O)c2c(n1C)NC(=O)CC2c1ccc(OCCC)c(OC)c1. The maximum Gasteiger partial charge on any atom is 0.279 e. The van der Waals surface area contributed by atoms with Crippen LogP contribution in [0.2, 0.25) is 0 Å². The molecule has 1 aliphatic rings. The number of carbonyl (C=O) groups excluding carboxylic acids is 1. The predicted octanol–water partition coefficient (Wildman–Crippen LogP) is 3.33. The van der Waals surface area contributed by atoms with Crippen molar-refractivity contribution < 1.29 is 14.3 Å². The highest BCUT2D eigenvalue weighted by Crippen LogP contribution is 2.39. The first-order chi connectivity index (χ1) is 14.0. The van der Waals surface area contributed by atoms with Crippen molar-refractivity contribution in [2.45, 2.75) is 30.8 Å². The minimum Gasteiger partial charge on any atom is -0.493 e. The van der Waals surface area contributed by atoms with E-state index in [4.69, 9.17) is 9.47 Å². The molecule has 0 spiro atoms. The fourth-order valence-corrected chi connectivity index (χ4v) is 4.01. The summed E-state index contributed by atoms with van der Waals surface area (Å²) < 4.78 is 12.9. The van der Waals surface area contributed by atoms with Crippen LogP contribution in [0.3, 0.4) is 0 Å². The summed E-state index contributed by atoms with van der Waals surface area (Å²) in [5, 5.41) is 3.38. The lowest BCUT2D eigenvalue weighted by Crippen LogP contribution is -2.33. The van der Waals surface area contributed by atoms with Crippen molar-refractivity contribution in [3.05, 3.63) is 52.3 Å². The number of ether oxygens (including phenoxy) is 2. The summed E-state index contributed by atoms with van der Waals surface area (Å²) in [4.78, 5) is 29.6. The molecule has 1 aromatic heterocycles. The van der Waals surface area contributed by atoms with Gasteiger partial charge in [0.2, 0.25) is 5.91 Å². The van der Waals surface area contributed by atoms with Crippen LogP contribution in [0.15, 0.2) is 40.8 Å². The Morgan fingerprint density at radius 2 is 2.17 bits per heavy atom. The van der Waals surface area contributed by atoms with Crippen molar-refractivity contribution >= 4 is 23.5 Å². The molecule has 1 aromatic carbocycles. The second-order valence-corrected chi connectivity index (χ2v) is 7.67. The molecular formula is C21H25N3O4S. The molecule has 0 saturated carbocycles. The fraction of sp³-hybridized carbons (Fsp3) is 0.381. The summed E-state index contributed by atoms with van der Waals surface area (Å²) in [6.07, 6.45) is 2.79. The van der Waals surface area contributed by atoms with E-state index < -0.39 is 5.92 Å². The number of benzene rings is 1. The van der Waals surface area contributed by atoms with E-state index in [1.807, 2.05) is 25.1 Å². The van der Waals surface area contributed by atoms with Crippen molar-refractivity contribution in [3.63, 3.8) is 0 Å². The highest BCUT2D eigenvalue weighted by atomic mass is 32.2. The van der Waals surface area contributed by atoms with Crippen LogP contribution in [-0.4, -0.2) is 34.9 Å². The summed E-state index contributed by atoms with van der Waals surface area (Å²) >= 11 is 1.39. The molecule has 8 heteroatoms. The van der Waals surface area contributed by atoms with Gasteiger partial charge in [0.25, 0.3) is 5.56 Å². The average Bonchev–Trinajstić information content (AvgIpc) is 2.72. The molecule has 29 heavy (non-hydrogen) atoms. The molecule has 2 aromatic rings. The Hall–Kier alpha value is -2.74. The van der Waals surface area contributed by atoms with Gasteiger partial charge in [0.05, 0.1) is 19.3 Å². The van der Waals surface area contributed by atoms with E-state index in [0.29, 0.717) is 40.4 Å². The zero-order valence-electron chi connectivity index (χ0n) is 16.9. The van der Waals surface area contributed by atoms with Gasteiger partial charge in [-0.15, -0.1) is 6.58 Å². The van der Waals surface area contributed by atoms with Crippen LogP contribution in [0.25, 0.3) is 0 Å². The second kappa shape index (κ2) is 9.17. The smallest absolute Gasteiger partial charge is 0.279 e. The zero-order valence-corrected chi connectivity index (χ0v) is 17.7. The highest BCUT2D eigenvalue weighted by molar-refractivity contribution is 7.99. The van der Waals surface area contributed by atoms with Gasteiger partial charge in [-0.3, -0.25) is 9.59 Å². The number of amides is 1. The summed E-state index contributed by atoms with van der Waals surface area (Å²) in [6.45, 7) is 6.31. The second-order valence-electron chi connectivity index (χ2n) is 6.68. The van der Waals surface area contributed by atoms with Gasteiger partial charge >= 0.3 is 0 Å². The number of rotatable bonds is 8. The molecule has 3 rings (SSSR count). The number of hydrogen-bond acceptors (Lipinski definition) is 6. The third-order valence-corrected chi connectivity index (χ3v) is 5.71. The Balaban J connectivity index is 2.07. The lowest BCUT2D eigenvalue weighted by Gasteiger charge is -2.27. The van der Waals surface area contributed by atoms with Gasteiger partial charge in [-0.2, -0.15) is 4.98 Å². The van der Waals surface area contributed by atoms with E-state index >= 15 is 0 Å². The van der Waals surface area contributed by atoms with Crippen molar-refractivity contribution in [1.82, 2.24) is 9.55 Å². The average molecular weight is 416 g/mol. The molecule has 1 unspecified atom stereocenters. The van der Waals surface area contributed by atoms with Gasteiger partial charge in [0, 0.05) is 25.1 Å². The molecule has 0 aliphatic carbocycles. The zero-order chi connectivity index (χ0) is 21.0. The topological polar surface area (TPSA) is 82.5 Å². The van der Waals surface area contributed by atoms with E-state index in [2.05, 4.69) is 16.9 Å². The minimum atomic E-state index is -0.405. The van der Waals surface area contributed by atoms with E-state index in [1.165, 1.54) is 11.8 Å². The van der Waals surface area contributed by atoms with E-state index in [-0.39, 0.29) is 17.9 Å². The molecule has 154 valence electrons. The number of fused-ring (bicyclic) bond motifs is 1. The first-order valence-corrected chi connectivity index (χ1v) is 10.4. The minimum absolute atomic E-state index is 0.145. The summed E-state index contributed by atoms with van der Waals surface area (Å²) in [5.74, 6) is 1.77. The number of nitrogens with one attached hydrogen (secondary N) is 1. The highest BCUT2D eigenvalue weighted by Gasteiger charge is 2.32. The molecule has 0 radical (unpaired) electrons. The summed E-state index contributed by atoms with van der Waals surface area (Å²) in [7, 11) is 3.37. The quantitative estimate of drug-likeness (QED) is 0.405. The third kappa shape index (κ3) is 4.32. The Bertz CT molecular complexity index is 987. The lowest BCUT2D eigenvalue weighted by molar-refractivity contribution is -0.116. The molecule has 0 fully saturated rings. The van der Waals surface area contributed by atoms with Crippen LogP contribution in [0, 0.1) is 0 Å². The normalized spacial score (nSPS) is 15.4. The fourth-order valence-electron chi connectivity index (χ4n) is 3.31. The van der Waals surface area contributed by atoms with Crippen molar-refractivity contribution in [3.8, 4) is 11.5 Å². The number of carbonyl (C=O) groups is 1. The van der Waals surface area contributed by atoms with Crippen LogP contribution >= 0.6 is 11.8 Å². The van der Waals surface area contributed by atoms with Crippen LogP contribution in [0.5, 0.6) is 11.5 Å². The van der Waals surface area contributed by atoms with E-state index in [1.54, 1.807) is 24.8 Å². The maximum atomic E-state index is 12.9. The largest absolute Gasteiger partial charge is 0.493 e. The lowest BCUT2D eigenvalue weighted by atomic mass is 9.86. The summed E-state index contributed by atoms with van der Waals surface area (Å²) in [6, 6.07) is 5.53. The van der Waals surface area contributed by atoms with Crippen LogP contribution in [0.4, 0.5) is 5.82 Å². The molecular weight excluding hydrogens is 390 g/mol. The number of nitrogens with zero attached hydrogens (tertiary/aromatic N) is 2. The number of methoxy groups -OCH3 is 1. The van der Waals surface area contributed by atoms with Gasteiger partial charge in [0.1, 0.15) is 5.82 Å². The maximum absolute atomic E-state index is 12.9. The van der Waals surface area contributed by atoms with Crippen LogP contribution in [0.1, 0.15) is 36.8 Å². The van der Waals surface area contributed by atoms with E-state index in [0.717, 1.165) is 12.0 Å².